The first-order valence-corrected chi connectivity index (χ1v) is 26.7. The van der Waals surface area contributed by atoms with Gasteiger partial charge in [0.15, 0.2) is 5.60 Å². The topological polar surface area (TPSA) is 205 Å². The predicted octanol–water partition coefficient (Wildman–Crippen LogP) is 6.72. The van der Waals surface area contributed by atoms with Crippen molar-refractivity contribution < 1.29 is 49.1 Å². The van der Waals surface area contributed by atoms with Crippen molar-refractivity contribution in [2.75, 3.05) is 67.4 Å². The Bertz CT molecular complexity index is 2840. The van der Waals surface area contributed by atoms with Gasteiger partial charge >= 0.3 is 0 Å². The molecule has 6 N–H and O–H groups in total. The lowest BCUT2D eigenvalue weighted by Crippen LogP contribution is -2.49. The van der Waals surface area contributed by atoms with Crippen LogP contribution in [0.2, 0.25) is 0 Å². The SMILES string of the molecule is CCOc1ccc2c(c1)CC(NCCCCO)C(=O)N2c1ccc(CN2C(=O)[C@@](O)([C@@H](C)/C=C/CC(=O)N(CCO)Cc3ccccc3)c3cc(N4C(=O)C(NCCCCO)Cc5cc(OCC)ccc54)ccc32)cc1. The second-order valence-corrected chi connectivity index (χ2v) is 19.5. The first kappa shape index (κ1) is 55.3. The summed E-state index contributed by atoms with van der Waals surface area (Å²) in [6, 6.07) is 32.4. The molecule has 76 heavy (non-hydrogen) atoms. The number of nitrogens with zero attached hydrogens (tertiary/aromatic N) is 4. The van der Waals surface area contributed by atoms with E-state index in [0.717, 1.165) is 27.9 Å². The highest BCUT2D eigenvalue weighted by atomic mass is 16.5. The van der Waals surface area contributed by atoms with Crippen molar-refractivity contribution in [1.29, 1.82) is 0 Å². The van der Waals surface area contributed by atoms with Gasteiger partial charge in [-0.3, -0.25) is 29.0 Å². The maximum absolute atomic E-state index is 15.2. The van der Waals surface area contributed by atoms with E-state index >= 15 is 4.79 Å². The monoisotopic (exact) mass is 1040 g/mol. The van der Waals surface area contributed by atoms with Crippen molar-refractivity contribution in [3.63, 3.8) is 0 Å². The molecule has 0 radical (unpaired) electrons. The van der Waals surface area contributed by atoms with Crippen LogP contribution in [-0.2, 0) is 50.7 Å². The molecule has 0 saturated heterocycles. The molecule has 0 saturated carbocycles. The minimum absolute atomic E-state index is 0.0436. The largest absolute Gasteiger partial charge is 0.494 e. The van der Waals surface area contributed by atoms with E-state index in [-0.39, 0.29) is 57.1 Å². The number of amides is 4. The highest BCUT2D eigenvalue weighted by Gasteiger charge is 2.53. The van der Waals surface area contributed by atoms with Crippen LogP contribution in [0, 0.1) is 5.92 Å². The maximum atomic E-state index is 15.2. The zero-order chi connectivity index (χ0) is 53.8. The smallest absolute Gasteiger partial charge is 0.264 e. The molecule has 3 aliphatic heterocycles. The molecule has 0 spiro atoms. The molecule has 402 valence electrons. The highest BCUT2D eigenvalue weighted by Crippen LogP contribution is 2.49. The predicted molar refractivity (Wildman–Crippen MR) is 293 cm³/mol. The number of carbonyl (C=O) groups excluding carboxylic acids is 4. The Kier molecular flexibility index (Phi) is 18.7. The van der Waals surface area contributed by atoms with Gasteiger partial charge < -0.3 is 50.3 Å². The Balaban J connectivity index is 1.13. The van der Waals surface area contributed by atoms with Crippen LogP contribution in [-0.4, -0.2) is 114 Å². The first-order valence-electron chi connectivity index (χ1n) is 26.7. The molecule has 2 unspecified atom stereocenters. The minimum atomic E-state index is -2.15. The summed E-state index contributed by atoms with van der Waals surface area (Å²) in [5, 5.41) is 48.5. The molecule has 0 fully saturated rings. The van der Waals surface area contributed by atoms with Crippen molar-refractivity contribution >= 4 is 52.1 Å². The molecular formula is C60H72N6O10. The molecule has 4 atom stereocenters. The molecule has 0 aromatic heterocycles. The summed E-state index contributed by atoms with van der Waals surface area (Å²) >= 11 is 0. The van der Waals surface area contributed by atoms with Crippen LogP contribution in [0.3, 0.4) is 0 Å². The van der Waals surface area contributed by atoms with E-state index in [0.29, 0.717) is 111 Å². The molecular weight excluding hydrogens is 965 g/mol. The van der Waals surface area contributed by atoms with Gasteiger partial charge in [-0.25, -0.2) is 0 Å². The second-order valence-electron chi connectivity index (χ2n) is 19.5. The number of nitrogens with one attached hydrogen (secondary N) is 2. The molecule has 16 nitrogen and oxygen atoms in total. The van der Waals surface area contributed by atoms with E-state index in [9.17, 15) is 34.8 Å². The first-order chi connectivity index (χ1) is 36.9. The van der Waals surface area contributed by atoms with Crippen LogP contribution >= 0.6 is 0 Å². The van der Waals surface area contributed by atoms with E-state index in [1.54, 1.807) is 56.9 Å². The molecule has 0 bridgehead atoms. The van der Waals surface area contributed by atoms with Crippen LogP contribution in [0.15, 0.2) is 121 Å². The zero-order valence-electron chi connectivity index (χ0n) is 43.8. The number of hydrogen-bond donors (Lipinski definition) is 6. The molecule has 3 aliphatic rings. The van der Waals surface area contributed by atoms with Gasteiger partial charge in [0.1, 0.15) is 11.5 Å². The fourth-order valence-corrected chi connectivity index (χ4v) is 10.5. The number of unbranched alkanes of at least 4 members (excludes halogenated alkanes) is 2. The van der Waals surface area contributed by atoms with Crippen molar-refractivity contribution in [3.8, 4) is 11.5 Å². The van der Waals surface area contributed by atoms with E-state index in [1.807, 2.05) is 105 Å². The third kappa shape index (κ3) is 12.2. The minimum Gasteiger partial charge on any atom is -0.494 e. The van der Waals surface area contributed by atoms with Crippen molar-refractivity contribution in [1.82, 2.24) is 15.5 Å². The Hall–Kier alpha value is -6.92. The maximum Gasteiger partial charge on any atom is 0.264 e. The summed E-state index contributed by atoms with van der Waals surface area (Å²) in [5.74, 6) is -0.644. The van der Waals surface area contributed by atoms with Gasteiger partial charge in [-0.1, -0.05) is 61.5 Å². The third-order valence-electron chi connectivity index (χ3n) is 14.4. The number of rotatable bonds is 26. The fraction of sp³-hybridized carbons (Fsp3) is 0.400. The lowest BCUT2D eigenvalue weighted by Gasteiger charge is -2.35. The molecule has 4 amide bonds. The third-order valence-corrected chi connectivity index (χ3v) is 14.4. The number of anilines is 5. The molecule has 3 heterocycles. The number of ether oxygens (including phenoxy) is 2. The quantitative estimate of drug-likeness (QED) is 0.0252. The number of hydrogen-bond acceptors (Lipinski definition) is 12. The Morgan fingerprint density at radius 2 is 1.25 bits per heavy atom. The van der Waals surface area contributed by atoms with Crippen LogP contribution in [0.25, 0.3) is 0 Å². The summed E-state index contributed by atoms with van der Waals surface area (Å²) in [6.45, 7) is 8.00. The van der Waals surface area contributed by atoms with Gasteiger partial charge in [-0.2, -0.15) is 0 Å². The fourth-order valence-electron chi connectivity index (χ4n) is 10.5. The number of fused-ring (bicyclic) bond motifs is 3. The standard InChI is InChI=1S/C60H72N6O10/c1-4-75-48-23-26-53-44(34-48)36-51(61-28-9-11-31-67)57(71)65(53)46-20-18-43(19-21-46)40-64-55-25-22-47(66-54-27-24-49(76-5-2)35-45(54)37-52(58(66)72)62-29-10-12-32-68)38-50(55)60(74,59(64)73)41(3)14-13-17-56(70)63(30-33-69)39-42-15-7-6-8-16-42/h6-8,13-16,18-27,34-35,38,41,51-52,61-62,67-69,74H,4-5,9-12,17,28-33,36-37,39-40H2,1-3H3/b14-13+/t41-,51?,52?,60+/m0/s1. The number of carbonyl (C=O) groups is 4. The van der Waals surface area contributed by atoms with Crippen LogP contribution < -0.4 is 34.8 Å². The second kappa shape index (κ2) is 25.7. The molecule has 0 aliphatic carbocycles. The number of aliphatic hydroxyl groups excluding tert-OH is 3. The average Bonchev–Trinajstić information content (AvgIpc) is 3.65. The molecule has 5 aromatic rings. The summed E-state index contributed by atoms with van der Waals surface area (Å²) in [4.78, 5) is 64.1. The van der Waals surface area contributed by atoms with Gasteiger partial charge in [-0.05, 0) is 154 Å². The summed E-state index contributed by atoms with van der Waals surface area (Å²) < 4.78 is 11.7. The highest BCUT2D eigenvalue weighted by molar-refractivity contribution is 6.10. The Morgan fingerprint density at radius 3 is 1.80 bits per heavy atom. The molecule has 5 aromatic carbocycles. The van der Waals surface area contributed by atoms with Crippen molar-refractivity contribution in [3.05, 3.63) is 149 Å². The lowest BCUT2D eigenvalue weighted by atomic mass is 9.82. The Morgan fingerprint density at radius 1 is 0.697 bits per heavy atom. The summed E-state index contributed by atoms with van der Waals surface area (Å²) in [6.07, 6.45) is 6.76. The van der Waals surface area contributed by atoms with E-state index < -0.39 is 29.5 Å². The summed E-state index contributed by atoms with van der Waals surface area (Å²) in [5.41, 5.74) is 4.52. The van der Waals surface area contributed by atoms with Crippen LogP contribution in [0.5, 0.6) is 11.5 Å². The average molecular weight is 1040 g/mol. The van der Waals surface area contributed by atoms with Crippen molar-refractivity contribution in [2.24, 2.45) is 5.92 Å². The van der Waals surface area contributed by atoms with Gasteiger partial charge in [0.05, 0.1) is 55.5 Å². The van der Waals surface area contributed by atoms with Gasteiger partial charge in [0.25, 0.3) is 5.91 Å². The van der Waals surface area contributed by atoms with Gasteiger partial charge in [-0.15, -0.1) is 0 Å². The summed E-state index contributed by atoms with van der Waals surface area (Å²) in [7, 11) is 0. The van der Waals surface area contributed by atoms with E-state index in [4.69, 9.17) is 9.47 Å². The number of aliphatic hydroxyl groups is 4. The van der Waals surface area contributed by atoms with Gasteiger partial charge in [0.2, 0.25) is 17.7 Å². The zero-order valence-corrected chi connectivity index (χ0v) is 43.8. The van der Waals surface area contributed by atoms with Gasteiger partial charge in [0, 0.05) is 55.6 Å². The number of benzene rings is 5. The van der Waals surface area contributed by atoms with Crippen molar-refractivity contribution in [2.45, 2.75) is 96.5 Å². The van der Waals surface area contributed by atoms with E-state index in [1.165, 1.54) is 0 Å². The van der Waals surface area contributed by atoms with E-state index in [2.05, 4.69) is 10.6 Å². The van der Waals surface area contributed by atoms with Crippen LogP contribution in [0.1, 0.15) is 80.7 Å². The lowest BCUT2D eigenvalue weighted by molar-refractivity contribution is -0.139. The normalized spacial score (nSPS) is 18.5. The molecule has 16 heteroatoms. The molecule has 8 rings (SSSR count). The van der Waals surface area contributed by atoms with Crippen LogP contribution in [0.4, 0.5) is 28.4 Å². The Labute approximate surface area is 445 Å².